The van der Waals surface area contributed by atoms with E-state index in [0.717, 1.165) is 28.7 Å². The van der Waals surface area contributed by atoms with Crippen LogP contribution in [0.1, 0.15) is 11.1 Å². The van der Waals surface area contributed by atoms with E-state index in [9.17, 15) is 4.79 Å². The largest absolute Gasteiger partial charge is 0.310 e. The third kappa shape index (κ3) is 3.89. The number of H-pyrrole nitrogens is 1. The zero-order valence-corrected chi connectivity index (χ0v) is 13.1. The Morgan fingerprint density at radius 3 is 2.65 bits per heavy atom. The number of benzene rings is 1. The molecule has 7 heteroatoms. The quantitative estimate of drug-likeness (QED) is 0.747. The molecule has 0 aliphatic rings. The van der Waals surface area contributed by atoms with Gasteiger partial charge in [-0.15, -0.1) is 0 Å². The minimum Gasteiger partial charge on any atom is -0.310 e. The van der Waals surface area contributed by atoms with E-state index in [-0.39, 0.29) is 12.3 Å². The first-order chi connectivity index (χ1) is 11.1. The number of hydrogen-bond acceptors (Lipinski definition) is 5. The van der Waals surface area contributed by atoms with Crippen molar-refractivity contribution in [1.82, 2.24) is 25.3 Å². The molecular formula is C16H18N6O. The van der Waals surface area contributed by atoms with Gasteiger partial charge in [0.15, 0.2) is 0 Å². The number of amides is 1. The van der Waals surface area contributed by atoms with Crippen molar-refractivity contribution in [1.29, 1.82) is 0 Å². The second-order valence-electron chi connectivity index (χ2n) is 5.66. The molecule has 0 saturated heterocycles. The highest BCUT2D eigenvalue weighted by molar-refractivity contribution is 5.92. The van der Waals surface area contributed by atoms with Gasteiger partial charge >= 0.3 is 0 Å². The number of nitrogens with zero attached hydrogens (tertiary/aromatic N) is 4. The summed E-state index contributed by atoms with van der Waals surface area (Å²) in [7, 11) is 4.00. The lowest BCUT2D eigenvalue weighted by molar-refractivity contribution is -0.115. The summed E-state index contributed by atoms with van der Waals surface area (Å²) in [5.74, 6) is 0.445. The Kier molecular flexibility index (Phi) is 4.29. The molecule has 118 valence electrons. The SMILES string of the molecule is CN(C)Cc1ccc(NC(=O)Cc2ccc3n[nH]nc3c2)nc1. The summed E-state index contributed by atoms with van der Waals surface area (Å²) in [5, 5.41) is 13.4. The number of anilines is 1. The molecule has 0 unspecified atom stereocenters. The van der Waals surface area contributed by atoms with E-state index in [4.69, 9.17) is 0 Å². The fourth-order valence-electron chi connectivity index (χ4n) is 2.33. The molecule has 0 radical (unpaired) electrons. The summed E-state index contributed by atoms with van der Waals surface area (Å²) < 4.78 is 0. The maximum absolute atomic E-state index is 12.1. The van der Waals surface area contributed by atoms with Crippen molar-refractivity contribution in [2.24, 2.45) is 0 Å². The predicted octanol–water partition coefficient (Wildman–Crippen LogP) is 1.60. The van der Waals surface area contributed by atoms with Gasteiger partial charge < -0.3 is 10.2 Å². The maximum Gasteiger partial charge on any atom is 0.229 e. The Bertz CT molecular complexity index is 809. The highest BCUT2D eigenvalue weighted by atomic mass is 16.1. The molecule has 2 aromatic heterocycles. The van der Waals surface area contributed by atoms with Gasteiger partial charge in [-0.3, -0.25) is 4.79 Å². The molecule has 1 aromatic carbocycles. The van der Waals surface area contributed by atoms with Crippen LogP contribution in [0, 0.1) is 0 Å². The summed E-state index contributed by atoms with van der Waals surface area (Å²) in [4.78, 5) is 18.4. The Hall–Kier alpha value is -2.80. The third-order valence-electron chi connectivity index (χ3n) is 3.34. The number of aromatic nitrogens is 4. The van der Waals surface area contributed by atoms with Crippen molar-refractivity contribution in [2.75, 3.05) is 19.4 Å². The van der Waals surface area contributed by atoms with E-state index >= 15 is 0 Å². The smallest absolute Gasteiger partial charge is 0.229 e. The summed E-state index contributed by atoms with van der Waals surface area (Å²) in [6.45, 7) is 0.818. The van der Waals surface area contributed by atoms with Gasteiger partial charge in [-0.2, -0.15) is 15.4 Å². The first-order valence-electron chi connectivity index (χ1n) is 7.29. The first-order valence-corrected chi connectivity index (χ1v) is 7.29. The van der Waals surface area contributed by atoms with E-state index in [1.54, 1.807) is 6.20 Å². The summed E-state index contributed by atoms with van der Waals surface area (Å²) in [5.41, 5.74) is 3.52. The average Bonchev–Trinajstić information content (AvgIpc) is 2.96. The minimum absolute atomic E-state index is 0.110. The molecule has 3 rings (SSSR count). The zero-order valence-electron chi connectivity index (χ0n) is 13.1. The molecule has 23 heavy (non-hydrogen) atoms. The number of rotatable bonds is 5. The van der Waals surface area contributed by atoms with Crippen LogP contribution < -0.4 is 5.32 Å². The van der Waals surface area contributed by atoms with Crippen LogP contribution in [-0.2, 0) is 17.8 Å². The maximum atomic E-state index is 12.1. The number of pyridine rings is 1. The molecule has 1 amide bonds. The van der Waals surface area contributed by atoms with Crippen molar-refractivity contribution in [2.45, 2.75) is 13.0 Å². The minimum atomic E-state index is -0.110. The van der Waals surface area contributed by atoms with Crippen LogP contribution in [0.25, 0.3) is 11.0 Å². The van der Waals surface area contributed by atoms with Crippen LogP contribution in [0.2, 0.25) is 0 Å². The average molecular weight is 310 g/mol. The molecule has 0 spiro atoms. The molecule has 2 heterocycles. The van der Waals surface area contributed by atoms with E-state index in [2.05, 4.69) is 30.6 Å². The normalized spacial score (nSPS) is 11.1. The monoisotopic (exact) mass is 310 g/mol. The zero-order chi connectivity index (χ0) is 16.2. The van der Waals surface area contributed by atoms with Crippen molar-refractivity contribution >= 4 is 22.8 Å². The van der Waals surface area contributed by atoms with E-state index in [1.807, 2.05) is 44.4 Å². The fraction of sp³-hybridized carbons (Fsp3) is 0.250. The lowest BCUT2D eigenvalue weighted by atomic mass is 10.1. The Labute approximate surface area is 133 Å². The third-order valence-corrected chi connectivity index (χ3v) is 3.34. The summed E-state index contributed by atoms with van der Waals surface area (Å²) in [6, 6.07) is 9.35. The lowest BCUT2D eigenvalue weighted by Crippen LogP contribution is -2.16. The molecule has 0 fully saturated rings. The van der Waals surface area contributed by atoms with Crippen molar-refractivity contribution in [3.8, 4) is 0 Å². The lowest BCUT2D eigenvalue weighted by Gasteiger charge is -2.10. The fourth-order valence-corrected chi connectivity index (χ4v) is 2.33. The van der Waals surface area contributed by atoms with Crippen molar-refractivity contribution in [3.63, 3.8) is 0 Å². The molecule has 0 bridgehead atoms. The Morgan fingerprint density at radius 2 is 1.91 bits per heavy atom. The highest BCUT2D eigenvalue weighted by Gasteiger charge is 2.07. The van der Waals surface area contributed by atoms with Crippen LogP contribution >= 0.6 is 0 Å². The van der Waals surface area contributed by atoms with Gasteiger partial charge in [0.05, 0.1) is 6.42 Å². The van der Waals surface area contributed by atoms with Crippen LogP contribution in [0.4, 0.5) is 5.82 Å². The van der Waals surface area contributed by atoms with E-state index < -0.39 is 0 Å². The molecule has 0 aliphatic carbocycles. The highest BCUT2D eigenvalue weighted by Crippen LogP contribution is 2.12. The van der Waals surface area contributed by atoms with Crippen LogP contribution in [0.3, 0.4) is 0 Å². The van der Waals surface area contributed by atoms with Gasteiger partial charge in [0.2, 0.25) is 5.91 Å². The van der Waals surface area contributed by atoms with Gasteiger partial charge in [0, 0.05) is 12.7 Å². The second-order valence-corrected chi connectivity index (χ2v) is 5.66. The second kappa shape index (κ2) is 6.53. The molecule has 0 atom stereocenters. The summed E-state index contributed by atoms with van der Waals surface area (Å²) >= 11 is 0. The van der Waals surface area contributed by atoms with Gasteiger partial charge in [-0.1, -0.05) is 12.1 Å². The number of carbonyl (C=O) groups excluding carboxylic acids is 1. The van der Waals surface area contributed by atoms with Gasteiger partial charge in [0.1, 0.15) is 16.9 Å². The number of hydrogen-bond donors (Lipinski definition) is 2. The van der Waals surface area contributed by atoms with Crippen molar-refractivity contribution < 1.29 is 4.79 Å². The molecular weight excluding hydrogens is 292 g/mol. The molecule has 0 saturated carbocycles. The Balaban J connectivity index is 1.62. The standard InChI is InChI=1S/C16H18N6O/c1-22(2)10-12-4-6-15(17-9-12)18-16(23)8-11-3-5-13-14(7-11)20-21-19-13/h3-7,9H,8,10H2,1-2H3,(H,17,18,23)(H,19,20,21). The van der Waals surface area contributed by atoms with Crippen molar-refractivity contribution in [3.05, 3.63) is 47.7 Å². The first kappa shape index (κ1) is 15.1. The number of aromatic amines is 1. The molecule has 7 nitrogen and oxygen atoms in total. The van der Waals surface area contributed by atoms with Gasteiger partial charge in [-0.25, -0.2) is 4.98 Å². The van der Waals surface area contributed by atoms with Crippen LogP contribution in [0.15, 0.2) is 36.5 Å². The van der Waals surface area contributed by atoms with E-state index in [0.29, 0.717) is 5.82 Å². The number of carbonyl (C=O) groups is 1. The van der Waals surface area contributed by atoms with Gasteiger partial charge in [0.25, 0.3) is 0 Å². The number of nitrogens with one attached hydrogen (secondary N) is 2. The van der Waals surface area contributed by atoms with Crippen LogP contribution in [0.5, 0.6) is 0 Å². The molecule has 2 N–H and O–H groups in total. The number of fused-ring (bicyclic) bond motifs is 1. The predicted molar refractivity (Wildman–Crippen MR) is 87.9 cm³/mol. The topological polar surface area (TPSA) is 86.8 Å². The molecule has 0 aliphatic heterocycles. The van der Waals surface area contributed by atoms with E-state index in [1.165, 1.54) is 0 Å². The molecule has 3 aromatic rings. The van der Waals surface area contributed by atoms with Gasteiger partial charge in [-0.05, 0) is 43.4 Å². The summed E-state index contributed by atoms with van der Waals surface area (Å²) in [6.07, 6.45) is 2.04. The van der Waals surface area contributed by atoms with Crippen LogP contribution in [-0.4, -0.2) is 45.3 Å². The Morgan fingerprint density at radius 1 is 1.13 bits per heavy atom.